The third-order valence-corrected chi connectivity index (χ3v) is 7.09. The third kappa shape index (κ3) is 5.84. The summed E-state index contributed by atoms with van der Waals surface area (Å²) in [6.07, 6.45) is 0.404. The zero-order valence-corrected chi connectivity index (χ0v) is 22.1. The highest BCUT2D eigenvalue weighted by Crippen LogP contribution is 2.35. The molecule has 0 aliphatic carbocycles. The van der Waals surface area contributed by atoms with Gasteiger partial charge < -0.3 is 15.3 Å². The van der Waals surface area contributed by atoms with Crippen molar-refractivity contribution < 1.29 is 24.2 Å². The quantitative estimate of drug-likeness (QED) is 0.485. The number of carboxylic acids is 1. The normalized spacial score (nSPS) is 15.4. The average molecular weight is 564 g/mol. The lowest BCUT2D eigenvalue weighted by molar-refractivity contribution is -0.577. The molecule has 2 N–H and O–H groups in total. The minimum absolute atomic E-state index is 0.0111. The Morgan fingerprint density at radius 2 is 1.92 bits per heavy atom. The number of halogens is 3. The number of fused-ring (bicyclic) bond motifs is 1. The maximum atomic E-state index is 13.1. The molecule has 0 fully saturated rings. The summed E-state index contributed by atoms with van der Waals surface area (Å²) < 4.78 is 1.44. The molecule has 0 spiro atoms. The fourth-order valence-corrected chi connectivity index (χ4v) is 5.00. The molecule has 0 saturated carbocycles. The van der Waals surface area contributed by atoms with Gasteiger partial charge in [0.1, 0.15) is 11.8 Å². The fourth-order valence-electron chi connectivity index (χ4n) is 4.11. The van der Waals surface area contributed by atoms with E-state index in [4.69, 9.17) is 34.8 Å². The standard InChI is InChI=1S/C25H22Cl3N5O4/c1-13(2)19-11-33(31-30-19)12-20(25(36)37)29-23(34)21-18(27)9-15-10-32(8-7-17(15)22(21)28)24(35)14-3-5-16(26)6-4-14/h3-6,9,20H,1,7-8,10-12H2,2H3,(H-,29,34,36,37)/p+1/t20-/m0/s1. The van der Waals surface area contributed by atoms with Crippen molar-refractivity contribution in [2.45, 2.75) is 25.9 Å². The van der Waals surface area contributed by atoms with Crippen LogP contribution in [0.25, 0.3) is 0 Å². The number of nitrogens with zero attached hydrogens (tertiary/aromatic N) is 4. The highest BCUT2D eigenvalue weighted by Gasteiger charge is 2.32. The van der Waals surface area contributed by atoms with Gasteiger partial charge in [-0.25, -0.2) is 4.79 Å². The van der Waals surface area contributed by atoms with E-state index in [9.17, 15) is 19.5 Å². The van der Waals surface area contributed by atoms with E-state index < -0.39 is 17.9 Å². The Balaban J connectivity index is 1.50. The molecule has 2 aliphatic heterocycles. The number of rotatable bonds is 7. The molecule has 0 saturated heterocycles. The van der Waals surface area contributed by atoms with Crippen molar-refractivity contribution in [1.82, 2.24) is 10.2 Å². The van der Waals surface area contributed by atoms with Crippen LogP contribution in [0.4, 0.5) is 0 Å². The Hall–Kier alpha value is -3.27. The first-order chi connectivity index (χ1) is 17.5. The maximum absolute atomic E-state index is 13.1. The summed E-state index contributed by atoms with van der Waals surface area (Å²) in [5.74, 6) is -2.12. The van der Waals surface area contributed by atoms with Gasteiger partial charge in [-0.1, -0.05) is 41.4 Å². The van der Waals surface area contributed by atoms with Gasteiger partial charge >= 0.3 is 5.97 Å². The van der Waals surface area contributed by atoms with Crippen LogP contribution in [-0.2, 0) is 17.8 Å². The van der Waals surface area contributed by atoms with E-state index in [0.717, 1.165) is 11.1 Å². The van der Waals surface area contributed by atoms with Gasteiger partial charge in [0.25, 0.3) is 11.8 Å². The van der Waals surface area contributed by atoms with Crippen molar-refractivity contribution in [3.63, 3.8) is 0 Å². The Morgan fingerprint density at radius 1 is 1.22 bits per heavy atom. The zero-order valence-electron chi connectivity index (χ0n) is 19.8. The summed E-state index contributed by atoms with van der Waals surface area (Å²) in [5.41, 5.74) is 3.27. The predicted octanol–water partition coefficient (Wildman–Crippen LogP) is 4.44. The lowest BCUT2D eigenvalue weighted by Crippen LogP contribution is -2.46. The van der Waals surface area contributed by atoms with Crippen molar-refractivity contribution >= 4 is 58.3 Å². The van der Waals surface area contributed by atoms with E-state index in [-0.39, 0.29) is 34.6 Å². The average Bonchev–Trinajstić information content (AvgIpc) is 3.32. The molecule has 0 radical (unpaired) electrons. The molecule has 37 heavy (non-hydrogen) atoms. The van der Waals surface area contributed by atoms with Gasteiger partial charge in [0.15, 0.2) is 12.6 Å². The fraction of sp³-hybridized carbons (Fsp3) is 0.280. The number of nitrogens with one attached hydrogen (secondary N) is 1. The summed E-state index contributed by atoms with van der Waals surface area (Å²) in [6.45, 7) is 6.41. The van der Waals surface area contributed by atoms with E-state index in [0.29, 0.717) is 41.4 Å². The van der Waals surface area contributed by atoms with Gasteiger partial charge in [0.05, 0.1) is 20.7 Å². The number of benzene rings is 2. The molecule has 4 rings (SSSR count). The van der Waals surface area contributed by atoms with Crippen molar-refractivity contribution in [3.8, 4) is 0 Å². The van der Waals surface area contributed by atoms with Crippen LogP contribution in [0.15, 0.2) is 52.8 Å². The van der Waals surface area contributed by atoms with Gasteiger partial charge in [-0.3, -0.25) is 9.59 Å². The number of hydrogen-bond donors (Lipinski definition) is 2. The number of aliphatic carboxylic acids is 1. The number of carbonyl (C=O) groups excluding carboxylic acids is 2. The van der Waals surface area contributed by atoms with E-state index in [1.165, 1.54) is 4.70 Å². The summed E-state index contributed by atoms with van der Waals surface area (Å²) in [6, 6.07) is 6.93. The minimum atomic E-state index is -1.29. The first-order valence-electron chi connectivity index (χ1n) is 11.3. The molecule has 0 bridgehead atoms. The second-order valence-corrected chi connectivity index (χ2v) is 10.0. The van der Waals surface area contributed by atoms with Crippen molar-refractivity contribution in [2.24, 2.45) is 10.3 Å². The first-order valence-corrected chi connectivity index (χ1v) is 12.4. The van der Waals surface area contributed by atoms with E-state index in [1.54, 1.807) is 42.2 Å². The van der Waals surface area contributed by atoms with Crippen LogP contribution < -0.4 is 5.32 Å². The topological polar surface area (TPSA) is 114 Å². The molecule has 2 aromatic carbocycles. The third-order valence-electron chi connectivity index (χ3n) is 6.12. The molecular weight excluding hydrogens is 541 g/mol. The van der Waals surface area contributed by atoms with Crippen molar-refractivity contribution in [1.29, 1.82) is 0 Å². The van der Waals surface area contributed by atoms with Crippen LogP contribution in [0, 0.1) is 0 Å². The molecule has 192 valence electrons. The molecule has 0 aromatic heterocycles. The molecule has 2 aromatic rings. The Labute approximate surface area is 228 Å². The van der Waals surface area contributed by atoms with E-state index in [2.05, 4.69) is 22.2 Å². The van der Waals surface area contributed by atoms with Crippen LogP contribution in [0.5, 0.6) is 0 Å². The lowest BCUT2D eigenvalue weighted by atomic mass is 9.96. The molecule has 0 unspecified atom stereocenters. The number of hydrogen-bond acceptors (Lipinski definition) is 5. The van der Waals surface area contributed by atoms with Gasteiger partial charge in [0.2, 0.25) is 5.71 Å². The van der Waals surface area contributed by atoms with Crippen LogP contribution >= 0.6 is 34.8 Å². The molecule has 2 heterocycles. The highest BCUT2D eigenvalue weighted by atomic mass is 35.5. The highest BCUT2D eigenvalue weighted by molar-refractivity contribution is 6.40. The second-order valence-electron chi connectivity index (χ2n) is 8.80. The maximum Gasteiger partial charge on any atom is 0.330 e. The van der Waals surface area contributed by atoms with Gasteiger partial charge in [-0.15, -0.1) is 0 Å². The number of carboxylic acid groups (broad SMARTS) is 1. The van der Waals surface area contributed by atoms with Crippen LogP contribution in [0.1, 0.15) is 38.8 Å². The van der Waals surface area contributed by atoms with Gasteiger partial charge in [-0.05, 0) is 60.4 Å². The number of carbonyl (C=O) groups is 3. The molecule has 1 atom stereocenters. The smallest absolute Gasteiger partial charge is 0.330 e. The van der Waals surface area contributed by atoms with Crippen LogP contribution in [0.3, 0.4) is 0 Å². The zero-order chi connectivity index (χ0) is 26.9. The lowest BCUT2D eigenvalue weighted by Gasteiger charge is -2.30. The molecule has 2 aliphatic rings. The largest absolute Gasteiger partial charge is 0.480 e. The minimum Gasteiger partial charge on any atom is -0.480 e. The monoisotopic (exact) mass is 562 g/mol. The molecule has 12 heteroatoms. The van der Waals surface area contributed by atoms with Crippen LogP contribution in [-0.4, -0.2) is 63.9 Å². The number of amides is 2. The summed E-state index contributed by atoms with van der Waals surface area (Å²) in [7, 11) is 0. The van der Waals surface area contributed by atoms with E-state index in [1.807, 2.05) is 0 Å². The predicted molar refractivity (Wildman–Crippen MR) is 140 cm³/mol. The summed E-state index contributed by atoms with van der Waals surface area (Å²) in [5, 5.41) is 20.8. The van der Waals surface area contributed by atoms with E-state index >= 15 is 0 Å². The van der Waals surface area contributed by atoms with Crippen molar-refractivity contribution in [2.75, 3.05) is 19.6 Å². The SMILES string of the molecule is C=C(C)C1=NN=[N+](C[C@H](NC(=O)c2c(Cl)cc3c(c2Cl)CCN(C(=O)c2ccc(Cl)cc2)C3)C(=O)O)C1. The summed E-state index contributed by atoms with van der Waals surface area (Å²) in [4.78, 5) is 39.6. The summed E-state index contributed by atoms with van der Waals surface area (Å²) >= 11 is 19.0. The Morgan fingerprint density at radius 3 is 2.54 bits per heavy atom. The molecular formula is C25H23Cl3N5O4+. The van der Waals surface area contributed by atoms with Gasteiger partial charge in [-0.2, -0.15) is 4.70 Å². The molecule has 9 nitrogen and oxygen atoms in total. The second kappa shape index (κ2) is 11.0. The van der Waals surface area contributed by atoms with Crippen molar-refractivity contribution in [3.05, 3.63) is 79.8 Å². The van der Waals surface area contributed by atoms with Gasteiger partial charge in [0, 0.05) is 23.7 Å². The molecule has 2 amide bonds. The Kier molecular flexibility index (Phi) is 7.96. The first kappa shape index (κ1) is 26.8. The Bertz CT molecular complexity index is 1370. The van der Waals surface area contributed by atoms with Crippen LogP contribution in [0.2, 0.25) is 15.1 Å².